The molecule has 1 aromatic heterocycles. The van der Waals surface area contributed by atoms with Gasteiger partial charge >= 0.3 is 0 Å². The van der Waals surface area contributed by atoms with Crippen LogP contribution in [0.5, 0.6) is 0 Å². The van der Waals surface area contributed by atoms with Gasteiger partial charge in [-0.1, -0.05) is 39.0 Å². The van der Waals surface area contributed by atoms with E-state index in [0.29, 0.717) is 11.5 Å². The Morgan fingerprint density at radius 3 is 2.84 bits per heavy atom. The van der Waals surface area contributed by atoms with Gasteiger partial charge in [0, 0.05) is 23.8 Å². The zero-order chi connectivity index (χ0) is 13.5. The Morgan fingerprint density at radius 1 is 1.37 bits per heavy atom. The molecule has 1 aliphatic carbocycles. The first-order valence-corrected chi connectivity index (χ1v) is 7.19. The Hall–Kier alpha value is -1.41. The molecule has 2 unspecified atom stereocenters. The summed E-state index contributed by atoms with van der Waals surface area (Å²) in [4.78, 5) is 4.23. The predicted molar refractivity (Wildman–Crippen MR) is 80.0 cm³/mol. The van der Waals surface area contributed by atoms with E-state index in [2.05, 4.69) is 55.3 Å². The molecule has 1 heterocycles. The molecular weight excluding hydrogens is 232 g/mol. The topological polar surface area (TPSA) is 24.9 Å². The van der Waals surface area contributed by atoms with Crippen LogP contribution in [0.25, 0.3) is 10.8 Å². The van der Waals surface area contributed by atoms with Crippen molar-refractivity contribution in [1.82, 2.24) is 10.3 Å². The Balaban J connectivity index is 2.05. The van der Waals surface area contributed by atoms with E-state index in [-0.39, 0.29) is 0 Å². The Morgan fingerprint density at radius 2 is 2.16 bits per heavy atom. The smallest absolute Gasteiger partial charge is 0.0360 e. The van der Waals surface area contributed by atoms with Gasteiger partial charge in [-0.15, -0.1) is 0 Å². The van der Waals surface area contributed by atoms with Gasteiger partial charge in [-0.3, -0.25) is 4.98 Å². The van der Waals surface area contributed by atoms with E-state index in [4.69, 9.17) is 0 Å². The van der Waals surface area contributed by atoms with E-state index in [1.165, 1.54) is 22.8 Å². The summed E-state index contributed by atoms with van der Waals surface area (Å²) < 4.78 is 0. The van der Waals surface area contributed by atoms with Crippen molar-refractivity contribution in [2.75, 3.05) is 6.54 Å². The minimum absolute atomic E-state index is 0.464. The molecule has 2 heteroatoms. The van der Waals surface area contributed by atoms with Crippen LogP contribution < -0.4 is 5.32 Å². The summed E-state index contributed by atoms with van der Waals surface area (Å²) in [6.45, 7) is 7.94. The molecule has 0 bridgehead atoms. The van der Waals surface area contributed by atoms with Crippen LogP contribution in [-0.2, 0) is 0 Å². The molecule has 0 amide bonds. The van der Waals surface area contributed by atoms with Crippen molar-refractivity contribution in [3.63, 3.8) is 0 Å². The lowest BCUT2D eigenvalue weighted by Crippen LogP contribution is -2.24. The van der Waals surface area contributed by atoms with Crippen molar-refractivity contribution >= 4 is 10.8 Å². The number of hydrogen-bond acceptors (Lipinski definition) is 2. The van der Waals surface area contributed by atoms with Crippen molar-refractivity contribution in [1.29, 1.82) is 0 Å². The van der Waals surface area contributed by atoms with E-state index in [1.807, 2.05) is 12.4 Å². The first-order valence-electron chi connectivity index (χ1n) is 7.19. The van der Waals surface area contributed by atoms with Crippen LogP contribution in [0.4, 0.5) is 0 Å². The SMILES string of the molecule is CCNC(c1cccc2cnccc12)C1CC1(C)C. The third-order valence-corrected chi connectivity index (χ3v) is 4.47. The maximum Gasteiger partial charge on any atom is 0.0360 e. The second-order valence-electron chi connectivity index (χ2n) is 6.28. The fraction of sp³-hybridized carbons (Fsp3) is 0.471. The van der Waals surface area contributed by atoms with Gasteiger partial charge < -0.3 is 5.32 Å². The summed E-state index contributed by atoms with van der Waals surface area (Å²) in [7, 11) is 0. The Labute approximate surface area is 115 Å². The molecule has 1 aliphatic rings. The van der Waals surface area contributed by atoms with Gasteiger partial charge in [0.25, 0.3) is 0 Å². The van der Waals surface area contributed by atoms with Crippen LogP contribution in [0, 0.1) is 11.3 Å². The summed E-state index contributed by atoms with van der Waals surface area (Å²) >= 11 is 0. The molecule has 1 N–H and O–H groups in total. The van der Waals surface area contributed by atoms with Crippen molar-refractivity contribution in [2.45, 2.75) is 33.2 Å². The normalized spacial score (nSPS) is 22.4. The van der Waals surface area contributed by atoms with Crippen LogP contribution in [0.1, 0.15) is 38.8 Å². The van der Waals surface area contributed by atoms with Crippen molar-refractivity contribution in [2.24, 2.45) is 11.3 Å². The van der Waals surface area contributed by atoms with Gasteiger partial charge in [0.2, 0.25) is 0 Å². The molecule has 0 spiro atoms. The average Bonchev–Trinajstić information content (AvgIpc) is 3.04. The standard InChI is InChI=1S/C17H22N2/c1-4-19-16(15-10-17(15,2)3)14-7-5-6-12-11-18-9-8-13(12)14/h5-9,11,15-16,19H,4,10H2,1-3H3. The van der Waals surface area contributed by atoms with Crippen LogP contribution >= 0.6 is 0 Å². The van der Waals surface area contributed by atoms with E-state index in [9.17, 15) is 0 Å². The number of aromatic nitrogens is 1. The number of nitrogens with zero attached hydrogens (tertiary/aromatic N) is 1. The highest BCUT2D eigenvalue weighted by Gasteiger charge is 2.50. The summed E-state index contributed by atoms with van der Waals surface area (Å²) in [6, 6.07) is 9.17. The maximum atomic E-state index is 4.23. The minimum Gasteiger partial charge on any atom is -0.310 e. The van der Waals surface area contributed by atoms with Gasteiger partial charge in [0.05, 0.1) is 0 Å². The third-order valence-electron chi connectivity index (χ3n) is 4.47. The summed E-state index contributed by atoms with van der Waals surface area (Å²) in [5.74, 6) is 0.742. The van der Waals surface area contributed by atoms with Gasteiger partial charge in [0.1, 0.15) is 0 Å². The number of hydrogen-bond donors (Lipinski definition) is 1. The monoisotopic (exact) mass is 254 g/mol. The molecule has 0 radical (unpaired) electrons. The number of rotatable bonds is 4. The zero-order valence-corrected chi connectivity index (χ0v) is 12.0. The highest BCUT2D eigenvalue weighted by Crippen LogP contribution is 2.58. The third kappa shape index (κ3) is 2.25. The lowest BCUT2D eigenvalue weighted by molar-refractivity contribution is 0.425. The second-order valence-corrected chi connectivity index (χ2v) is 6.28. The summed E-state index contributed by atoms with van der Waals surface area (Å²) in [5.41, 5.74) is 1.90. The predicted octanol–water partition coefficient (Wildman–Crippen LogP) is 3.93. The number of fused-ring (bicyclic) bond motifs is 1. The molecule has 2 aromatic rings. The average molecular weight is 254 g/mol. The molecular formula is C17H22N2. The van der Waals surface area contributed by atoms with E-state index < -0.39 is 0 Å². The summed E-state index contributed by atoms with van der Waals surface area (Å²) in [6.07, 6.45) is 5.17. The Bertz CT molecular complexity index is 583. The molecule has 2 nitrogen and oxygen atoms in total. The van der Waals surface area contributed by atoms with Gasteiger partial charge in [-0.2, -0.15) is 0 Å². The van der Waals surface area contributed by atoms with E-state index in [1.54, 1.807) is 0 Å². The number of benzene rings is 1. The molecule has 2 atom stereocenters. The van der Waals surface area contributed by atoms with E-state index in [0.717, 1.165) is 12.5 Å². The van der Waals surface area contributed by atoms with Crippen molar-refractivity contribution in [3.8, 4) is 0 Å². The molecule has 1 saturated carbocycles. The van der Waals surface area contributed by atoms with Crippen LogP contribution in [0.2, 0.25) is 0 Å². The molecule has 19 heavy (non-hydrogen) atoms. The highest BCUT2D eigenvalue weighted by molar-refractivity contribution is 5.85. The zero-order valence-electron chi connectivity index (χ0n) is 12.0. The molecule has 1 fully saturated rings. The van der Waals surface area contributed by atoms with Gasteiger partial charge in [0.15, 0.2) is 0 Å². The van der Waals surface area contributed by atoms with Gasteiger partial charge in [-0.25, -0.2) is 0 Å². The lowest BCUT2D eigenvalue weighted by Gasteiger charge is -2.22. The van der Waals surface area contributed by atoms with E-state index >= 15 is 0 Å². The number of pyridine rings is 1. The maximum absolute atomic E-state index is 4.23. The van der Waals surface area contributed by atoms with Gasteiger partial charge in [-0.05, 0) is 41.3 Å². The highest BCUT2D eigenvalue weighted by atomic mass is 14.9. The fourth-order valence-corrected chi connectivity index (χ4v) is 3.18. The Kier molecular flexibility index (Phi) is 3.06. The molecule has 100 valence electrons. The first kappa shape index (κ1) is 12.6. The quantitative estimate of drug-likeness (QED) is 0.894. The van der Waals surface area contributed by atoms with Crippen molar-refractivity contribution in [3.05, 3.63) is 42.2 Å². The largest absolute Gasteiger partial charge is 0.310 e. The molecule has 0 aliphatic heterocycles. The molecule has 3 rings (SSSR count). The number of nitrogens with one attached hydrogen (secondary N) is 1. The second kappa shape index (κ2) is 4.61. The van der Waals surface area contributed by atoms with Crippen LogP contribution in [-0.4, -0.2) is 11.5 Å². The summed E-state index contributed by atoms with van der Waals surface area (Å²) in [5, 5.41) is 6.26. The fourth-order valence-electron chi connectivity index (χ4n) is 3.18. The molecule has 0 saturated heterocycles. The van der Waals surface area contributed by atoms with Crippen LogP contribution in [0.3, 0.4) is 0 Å². The lowest BCUT2D eigenvalue weighted by atomic mass is 9.93. The first-order chi connectivity index (χ1) is 9.13. The van der Waals surface area contributed by atoms with Crippen molar-refractivity contribution < 1.29 is 0 Å². The molecule has 1 aromatic carbocycles. The van der Waals surface area contributed by atoms with Crippen LogP contribution in [0.15, 0.2) is 36.7 Å². The minimum atomic E-state index is 0.464.